The van der Waals surface area contributed by atoms with Crippen molar-refractivity contribution in [3.63, 3.8) is 0 Å². The summed E-state index contributed by atoms with van der Waals surface area (Å²) in [5, 5.41) is 3.39. The zero-order chi connectivity index (χ0) is 16.2. The van der Waals surface area contributed by atoms with Crippen molar-refractivity contribution in [1.82, 2.24) is 20.2 Å². The normalized spacial score (nSPS) is 18.9. The molecule has 0 aliphatic carbocycles. The van der Waals surface area contributed by atoms with Crippen molar-refractivity contribution in [3.05, 3.63) is 35.7 Å². The van der Waals surface area contributed by atoms with E-state index in [0.29, 0.717) is 5.92 Å². The van der Waals surface area contributed by atoms with Gasteiger partial charge in [-0.2, -0.15) is 0 Å². The van der Waals surface area contributed by atoms with Crippen molar-refractivity contribution < 1.29 is 0 Å². The van der Waals surface area contributed by atoms with Crippen molar-refractivity contribution in [1.29, 1.82) is 0 Å². The van der Waals surface area contributed by atoms with E-state index in [4.69, 9.17) is 10.7 Å². The molecule has 1 fully saturated rings. The minimum absolute atomic E-state index is 0.173. The number of nitrogens with one attached hydrogen (secondary N) is 1. The summed E-state index contributed by atoms with van der Waals surface area (Å²) in [6.07, 6.45) is 2.76. The van der Waals surface area contributed by atoms with Gasteiger partial charge in [0.05, 0.1) is 16.7 Å². The van der Waals surface area contributed by atoms with E-state index in [1.54, 1.807) is 0 Å². The van der Waals surface area contributed by atoms with Crippen molar-refractivity contribution in [3.8, 4) is 0 Å². The van der Waals surface area contributed by atoms with Gasteiger partial charge in [0.1, 0.15) is 0 Å². The fourth-order valence-corrected chi connectivity index (χ4v) is 2.94. The summed E-state index contributed by atoms with van der Waals surface area (Å²) >= 11 is 0. The second kappa shape index (κ2) is 7.34. The third-order valence-corrected chi connectivity index (χ3v) is 4.70. The second-order valence-corrected chi connectivity index (χ2v) is 6.75. The van der Waals surface area contributed by atoms with Crippen LogP contribution in [0.3, 0.4) is 0 Å². The van der Waals surface area contributed by atoms with E-state index in [2.05, 4.69) is 40.3 Å². The fourth-order valence-electron chi connectivity index (χ4n) is 2.94. The van der Waals surface area contributed by atoms with Gasteiger partial charge in [-0.3, -0.25) is 9.88 Å². The lowest BCUT2D eigenvalue weighted by Gasteiger charge is -2.27. The van der Waals surface area contributed by atoms with Gasteiger partial charge in [-0.05, 0) is 37.0 Å². The van der Waals surface area contributed by atoms with Gasteiger partial charge in [-0.1, -0.05) is 13.0 Å². The van der Waals surface area contributed by atoms with Gasteiger partial charge in [0, 0.05) is 45.0 Å². The maximum atomic E-state index is 5.97. The molecule has 3 N–H and O–H groups in total. The number of rotatable bonds is 5. The zero-order valence-electron chi connectivity index (χ0n) is 14.1. The number of hydrogen-bond acceptors (Lipinski definition) is 5. The van der Waals surface area contributed by atoms with E-state index >= 15 is 0 Å². The first kappa shape index (κ1) is 16.3. The van der Waals surface area contributed by atoms with Gasteiger partial charge >= 0.3 is 0 Å². The molecule has 1 saturated heterocycles. The number of nitrogens with two attached hydrogens (primary N) is 1. The molecule has 2 aromatic rings. The number of piperazine rings is 1. The first-order valence-electron chi connectivity index (χ1n) is 8.55. The molecule has 0 amide bonds. The Morgan fingerprint density at radius 1 is 1.22 bits per heavy atom. The largest absolute Gasteiger partial charge is 0.328 e. The second-order valence-electron chi connectivity index (χ2n) is 6.75. The smallest absolute Gasteiger partial charge is 0.0893 e. The van der Waals surface area contributed by atoms with Crippen LogP contribution in [0, 0.1) is 5.92 Å². The number of nitrogens with zero attached hydrogens (tertiary/aromatic N) is 3. The van der Waals surface area contributed by atoms with Crippen molar-refractivity contribution >= 4 is 11.0 Å². The van der Waals surface area contributed by atoms with Gasteiger partial charge in [-0.25, -0.2) is 4.98 Å². The van der Waals surface area contributed by atoms with E-state index in [0.717, 1.165) is 55.9 Å². The van der Waals surface area contributed by atoms with Crippen LogP contribution in [0.25, 0.3) is 11.0 Å². The Labute approximate surface area is 138 Å². The Hall–Kier alpha value is -1.56. The molecular weight excluding hydrogens is 286 g/mol. The monoisotopic (exact) mass is 313 g/mol. The van der Waals surface area contributed by atoms with Crippen LogP contribution in [-0.2, 0) is 13.0 Å². The minimum atomic E-state index is 0.173. The Balaban J connectivity index is 1.76. The Bertz CT molecular complexity index is 649. The molecule has 1 aromatic carbocycles. The number of aromatic nitrogens is 2. The molecule has 0 spiro atoms. The number of benzene rings is 1. The van der Waals surface area contributed by atoms with Gasteiger partial charge in [-0.15, -0.1) is 0 Å². The van der Waals surface area contributed by atoms with E-state index < -0.39 is 0 Å². The molecule has 0 bridgehead atoms. The molecule has 1 unspecified atom stereocenters. The molecule has 0 radical (unpaired) electrons. The molecule has 124 valence electrons. The Morgan fingerprint density at radius 3 is 2.74 bits per heavy atom. The van der Waals surface area contributed by atoms with Crippen LogP contribution in [0.2, 0.25) is 0 Å². The molecule has 1 aromatic heterocycles. The Morgan fingerprint density at radius 2 is 2.00 bits per heavy atom. The highest BCUT2D eigenvalue weighted by Crippen LogP contribution is 2.16. The van der Waals surface area contributed by atoms with E-state index in [1.165, 1.54) is 5.56 Å². The van der Waals surface area contributed by atoms with Gasteiger partial charge in [0.2, 0.25) is 0 Å². The summed E-state index contributed by atoms with van der Waals surface area (Å²) < 4.78 is 0. The molecule has 2 heterocycles. The van der Waals surface area contributed by atoms with E-state index in [1.807, 2.05) is 13.1 Å². The first-order valence-corrected chi connectivity index (χ1v) is 8.55. The maximum Gasteiger partial charge on any atom is 0.0893 e. The maximum absolute atomic E-state index is 5.97. The average molecular weight is 313 g/mol. The molecule has 5 nitrogen and oxygen atoms in total. The predicted molar refractivity (Wildman–Crippen MR) is 94.2 cm³/mol. The van der Waals surface area contributed by atoms with Crippen molar-refractivity contribution in [2.75, 3.05) is 26.2 Å². The van der Waals surface area contributed by atoms with Crippen LogP contribution < -0.4 is 11.1 Å². The lowest BCUT2D eigenvalue weighted by atomic mass is 9.99. The van der Waals surface area contributed by atoms with Crippen LogP contribution in [0.1, 0.15) is 25.1 Å². The highest BCUT2D eigenvalue weighted by molar-refractivity contribution is 5.74. The fraction of sp³-hybridized carbons (Fsp3) is 0.556. The average Bonchev–Trinajstić information content (AvgIpc) is 2.55. The molecule has 5 heteroatoms. The molecule has 2 atom stereocenters. The van der Waals surface area contributed by atoms with Crippen LogP contribution in [0.15, 0.2) is 24.4 Å². The van der Waals surface area contributed by atoms with Crippen molar-refractivity contribution in [2.24, 2.45) is 11.7 Å². The molecule has 0 saturated carbocycles. The quantitative estimate of drug-likeness (QED) is 0.877. The lowest BCUT2D eigenvalue weighted by molar-refractivity contribution is 0.233. The lowest BCUT2D eigenvalue weighted by Crippen LogP contribution is -2.42. The number of fused-ring (bicyclic) bond motifs is 1. The van der Waals surface area contributed by atoms with Gasteiger partial charge in [0.15, 0.2) is 0 Å². The third-order valence-electron chi connectivity index (χ3n) is 4.70. The SMILES string of the molecule is CC(Cc1cnc2ccc(CN3CCNCC3)cc2n1)[C@H](C)N. The van der Waals surface area contributed by atoms with Crippen molar-refractivity contribution in [2.45, 2.75) is 32.9 Å². The summed E-state index contributed by atoms with van der Waals surface area (Å²) in [5.74, 6) is 0.408. The molecular formula is C18H27N5. The summed E-state index contributed by atoms with van der Waals surface area (Å²) in [5.41, 5.74) is 10.3. The number of hydrogen-bond donors (Lipinski definition) is 2. The zero-order valence-corrected chi connectivity index (χ0v) is 14.1. The summed E-state index contributed by atoms with van der Waals surface area (Å²) in [7, 11) is 0. The highest BCUT2D eigenvalue weighted by atomic mass is 15.2. The van der Waals surface area contributed by atoms with Crippen LogP contribution >= 0.6 is 0 Å². The summed E-state index contributed by atoms with van der Waals surface area (Å²) in [6.45, 7) is 9.56. The molecule has 23 heavy (non-hydrogen) atoms. The van der Waals surface area contributed by atoms with Crippen LogP contribution in [-0.4, -0.2) is 47.1 Å². The highest BCUT2D eigenvalue weighted by Gasteiger charge is 2.12. The molecule has 1 aliphatic heterocycles. The Kier molecular flexibility index (Phi) is 5.20. The topological polar surface area (TPSA) is 67.1 Å². The van der Waals surface area contributed by atoms with Crippen LogP contribution in [0.4, 0.5) is 0 Å². The minimum Gasteiger partial charge on any atom is -0.328 e. The molecule has 1 aliphatic rings. The summed E-state index contributed by atoms with van der Waals surface area (Å²) in [6, 6.07) is 6.61. The van der Waals surface area contributed by atoms with Gasteiger partial charge < -0.3 is 11.1 Å². The van der Waals surface area contributed by atoms with E-state index in [9.17, 15) is 0 Å². The predicted octanol–water partition coefficient (Wildman–Crippen LogP) is 1.56. The van der Waals surface area contributed by atoms with E-state index in [-0.39, 0.29) is 6.04 Å². The standard InChI is InChI=1S/C18H27N5/c1-13(14(2)19)9-16-11-21-17-4-3-15(10-18(17)22-16)12-23-7-5-20-6-8-23/h3-4,10-11,13-14,20H,5-9,12,19H2,1-2H3/t13?,14-/m0/s1. The molecule has 3 rings (SSSR count). The van der Waals surface area contributed by atoms with Crippen LogP contribution in [0.5, 0.6) is 0 Å². The summed E-state index contributed by atoms with van der Waals surface area (Å²) in [4.78, 5) is 11.8. The third kappa shape index (κ3) is 4.25. The first-order chi connectivity index (χ1) is 11.1. The van der Waals surface area contributed by atoms with Gasteiger partial charge in [0.25, 0.3) is 0 Å².